The number of benzene rings is 3. The smallest absolute Gasteiger partial charge is 0.200 e. The molecule has 0 amide bonds. The summed E-state index contributed by atoms with van der Waals surface area (Å²) >= 11 is 0. The van der Waals surface area contributed by atoms with E-state index in [2.05, 4.69) is 23.8 Å². The summed E-state index contributed by atoms with van der Waals surface area (Å²) in [6.45, 7) is 12.4. The number of hydrazone groups is 1. The maximum absolute atomic E-state index is 13.7. The molecule has 0 bridgehead atoms. The molecule has 0 radical (unpaired) electrons. The summed E-state index contributed by atoms with van der Waals surface area (Å²) in [6.07, 6.45) is 0.522. The van der Waals surface area contributed by atoms with Gasteiger partial charge in [-0.3, -0.25) is 0 Å². The van der Waals surface area contributed by atoms with E-state index in [9.17, 15) is 8.42 Å². The van der Waals surface area contributed by atoms with Crippen LogP contribution in [0, 0.1) is 0 Å². The Morgan fingerprint density at radius 3 is 1.74 bits per heavy atom. The van der Waals surface area contributed by atoms with Crippen molar-refractivity contribution in [2.24, 2.45) is 5.10 Å². The Morgan fingerprint density at radius 1 is 0.765 bits per heavy atom. The van der Waals surface area contributed by atoms with Crippen LogP contribution >= 0.6 is 0 Å². The van der Waals surface area contributed by atoms with Crippen LogP contribution in [0.15, 0.2) is 82.8 Å². The van der Waals surface area contributed by atoms with E-state index in [-0.39, 0.29) is 11.8 Å². The van der Waals surface area contributed by atoms with Crippen LogP contribution in [0.1, 0.15) is 87.1 Å². The van der Waals surface area contributed by atoms with Gasteiger partial charge in [-0.1, -0.05) is 114 Å². The second-order valence-electron chi connectivity index (χ2n) is 9.67. The molecular formula is C29H36N2O2S. The van der Waals surface area contributed by atoms with E-state index in [1.54, 1.807) is 0 Å². The summed E-state index contributed by atoms with van der Waals surface area (Å²) in [4.78, 5) is 2.95. The molecule has 1 N–H and O–H groups in total. The summed E-state index contributed by atoms with van der Waals surface area (Å²) in [5.74, 6) is 0.433. The van der Waals surface area contributed by atoms with Crippen LogP contribution in [-0.4, -0.2) is 14.1 Å². The molecule has 3 aromatic rings. The van der Waals surface area contributed by atoms with E-state index in [1.165, 1.54) is 0 Å². The van der Waals surface area contributed by atoms with Crippen molar-refractivity contribution in [1.29, 1.82) is 0 Å². The summed E-state index contributed by atoms with van der Waals surface area (Å²) in [5.41, 5.74) is 5.45. The first-order valence-electron chi connectivity index (χ1n) is 12.0. The number of sulfonamides is 1. The highest BCUT2D eigenvalue weighted by Gasteiger charge is 2.27. The van der Waals surface area contributed by atoms with Crippen molar-refractivity contribution < 1.29 is 8.42 Å². The molecule has 0 aliphatic rings. The molecule has 0 saturated carbocycles. The lowest BCUT2D eigenvalue weighted by molar-refractivity contribution is 0.578. The Balaban J connectivity index is 2.10. The normalized spacial score (nSPS) is 12.6. The molecule has 4 nitrogen and oxygen atoms in total. The van der Waals surface area contributed by atoms with Crippen LogP contribution < -0.4 is 4.83 Å². The molecule has 5 heteroatoms. The minimum atomic E-state index is -3.89. The molecule has 0 aliphatic carbocycles. The van der Waals surface area contributed by atoms with Gasteiger partial charge in [-0.15, -0.1) is 0 Å². The Hall–Kier alpha value is -2.92. The van der Waals surface area contributed by atoms with Crippen molar-refractivity contribution in [2.45, 2.75) is 70.6 Å². The Labute approximate surface area is 205 Å². The lowest BCUT2D eigenvalue weighted by atomic mass is 9.89. The van der Waals surface area contributed by atoms with Crippen molar-refractivity contribution in [3.63, 3.8) is 0 Å². The van der Waals surface area contributed by atoms with Gasteiger partial charge in [0.25, 0.3) is 10.0 Å². The highest BCUT2D eigenvalue weighted by Crippen LogP contribution is 2.35. The van der Waals surface area contributed by atoms with Gasteiger partial charge in [0.2, 0.25) is 0 Å². The maximum atomic E-state index is 13.7. The lowest BCUT2D eigenvalue weighted by Gasteiger charge is -2.22. The zero-order valence-electron chi connectivity index (χ0n) is 21.0. The molecule has 0 spiro atoms. The Kier molecular flexibility index (Phi) is 8.32. The summed E-state index contributed by atoms with van der Waals surface area (Å²) in [6, 6.07) is 23.7. The first kappa shape index (κ1) is 25.7. The van der Waals surface area contributed by atoms with Crippen molar-refractivity contribution in [1.82, 2.24) is 4.83 Å². The molecule has 180 valence electrons. The number of hydrogen-bond acceptors (Lipinski definition) is 3. The van der Waals surface area contributed by atoms with Gasteiger partial charge in [-0.05, 0) is 45.6 Å². The third kappa shape index (κ3) is 6.15. The minimum Gasteiger partial charge on any atom is -0.200 e. The van der Waals surface area contributed by atoms with Crippen molar-refractivity contribution in [3.05, 3.63) is 101 Å². The number of rotatable bonds is 9. The van der Waals surface area contributed by atoms with Crippen LogP contribution in [-0.2, 0) is 16.4 Å². The second-order valence-corrected chi connectivity index (χ2v) is 11.3. The van der Waals surface area contributed by atoms with E-state index in [4.69, 9.17) is 0 Å². The number of hydrogen-bond donors (Lipinski definition) is 1. The molecule has 0 aromatic heterocycles. The molecule has 0 saturated heterocycles. The highest BCUT2D eigenvalue weighted by atomic mass is 32.2. The van der Waals surface area contributed by atoms with Crippen LogP contribution in [0.4, 0.5) is 0 Å². The first-order chi connectivity index (χ1) is 16.1. The van der Waals surface area contributed by atoms with Crippen LogP contribution in [0.25, 0.3) is 0 Å². The molecule has 34 heavy (non-hydrogen) atoms. The van der Waals surface area contributed by atoms with Gasteiger partial charge in [0.05, 0.1) is 10.6 Å². The third-order valence-corrected chi connectivity index (χ3v) is 7.31. The molecule has 0 heterocycles. The second kappa shape index (κ2) is 11.0. The van der Waals surface area contributed by atoms with Crippen LogP contribution in [0.3, 0.4) is 0 Å². The first-order valence-corrected chi connectivity index (χ1v) is 13.4. The molecule has 0 fully saturated rings. The zero-order chi connectivity index (χ0) is 24.9. The molecular weight excluding hydrogens is 440 g/mol. The van der Waals surface area contributed by atoms with Gasteiger partial charge >= 0.3 is 0 Å². The molecule has 0 aliphatic heterocycles. The monoisotopic (exact) mass is 476 g/mol. The Bertz CT molecular complexity index is 1200. The van der Waals surface area contributed by atoms with E-state index in [1.807, 2.05) is 100 Å². The molecule has 0 atom stereocenters. The fourth-order valence-corrected chi connectivity index (χ4v) is 5.52. The van der Waals surface area contributed by atoms with Gasteiger partial charge in [0, 0.05) is 6.42 Å². The fraction of sp³-hybridized carbons (Fsp3) is 0.345. The number of nitrogens with one attached hydrogen (secondary N) is 1. The standard InChI is InChI=1S/C29H36N2O2S/c1-20(2)25-18-26(21(3)4)29(27(19-25)22(5)6)34(32,33)31-30-28(24-15-11-8-12-16-24)17-23-13-9-7-10-14-23/h7-16,18-22,31H,17H2,1-6H3/b30-28-. The summed E-state index contributed by atoms with van der Waals surface area (Å²) in [5, 5.41) is 4.47. The molecule has 3 aromatic carbocycles. The predicted octanol–water partition coefficient (Wildman–Crippen LogP) is 6.98. The average Bonchev–Trinajstić information content (AvgIpc) is 2.82. The maximum Gasteiger partial charge on any atom is 0.277 e. The van der Waals surface area contributed by atoms with Gasteiger partial charge < -0.3 is 0 Å². The van der Waals surface area contributed by atoms with Crippen molar-refractivity contribution in [3.8, 4) is 0 Å². The summed E-state index contributed by atoms with van der Waals surface area (Å²) < 4.78 is 27.5. The Morgan fingerprint density at radius 2 is 1.26 bits per heavy atom. The van der Waals surface area contributed by atoms with Crippen LogP contribution in [0.5, 0.6) is 0 Å². The van der Waals surface area contributed by atoms with Crippen LogP contribution in [0.2, 0.25) is 0 Å². The minimum absolute atomic E-state index is 0.0599. The van der Waals surface area contributed by atoms with Gasteiger partial charge in [-0.25, -0.2) is 0 Å². The fourth-order valence-electron chi connectivity index (χ4n) is 3.99. The number of nitrogens with zero attached hydrogens (tertiary/aromatic N) is 1. The molecule has 0 unspecified atom stereocenters. The van der Waals surface area contributed by atoms with E-state index in [0.29, 0.717) is 22.9 Å². The van der Waals surface area contributed by atoms with E-state index in [0.717, 1.165) is 27.8 Å². The van der Waals surface area contributed by atoms with E-state index < -0.39 is 10.0 Å². The average molecular weight is 477 g/mol. The van der Waals surface area contributed by atoms with Gasteiger partial charge in [0.15, 0.2) is 0 Å². The quantitative estimate of drug-likeness (QED) is 0.267. The SMILES string of the molecule is CC(C)c1cc(C(C)C)c(S(=O)(=O)N/N=C(/Cc2ccccc2)c2ccccc2)c(C(C)C)c1. The third-order valence-electron chi connectivity index (χ3n) is 5.97. The largest absolute Gasteiger partial charge is 0.277 e. The van der Waals surface area contributed by atoms with Gasteiger partial charge in [0.1, 0.15) is 0 Å². The zero-order valence-corrected chi connectivity index (χ0v) is 21.9. The van der Waals surface area contributed by atoms with Crippen molar-refractivity contribution >= 4 is 15.7 Å². The van der Waals surface area contributed by atoms with Gasteiger partial charge in [-0.2, -0.15) is 18.4 Å². The molecule has 3 rings (SSSR count). The topological polar surface area (TPSA) is 58.5 Å². The van der Waals surface area contributed by atoms with E-state index >= 15 is 0 Å². The highest BCUT2D eigenvalue weighted by molar-refractivity contribution is 7.89. The van der Waals surface area contributed by atoms with Crippen molar-refractivity contribution in [2.75, 3.05) is 0 Å². The summed E-state index contributed by atoms with van der Waals surface area (Å²) in [7, 11) is -3.89. The lowest BCUT2D eigenvalue weighted by Crippen LogP contribution is -2.25. The predicted molar refractivity (Wildman–Crippen MR) is 142 cm³/mol.